The summed E-state index contributed by atoms with van der Waals surface area (Å²) in [7, 11) is 0. The smallest absolute Gasteiger partial charge is 0.449 e. The number of unbranched alkanes of at least 4 members (excludes halogenated alkanes) is 7. The first-order valence-electron chi connectivity index (χ1n) is 8.99. The van der Waals surface area contributed by atoms with Gasteiger partial charge >= 0.3 is 6.16 Å². The normalized spacial score (nSPS) is 16.0. The Hall–Kier alpha value is -1.71. The van der Waals surface area contributed by atoms with Crippen molar-refractivity contribution in [1.29, 1.82) is 0 Å². The topological polar surface area (TPSA) is 58.6 Å². The Morgan fingerprint density at radius 2 is 1.87 bits per heavy atom. The molecule has 23 heavy (non-hydrogen) atoms. The molecular formula is C19H29NO3. The van der Waals surface area contributed by atoms with E-state index in [1.165, 1.54) is 57.8 Å². The van der Waals surface area contributed by atoms with E-state index in [-0.39, 0.29) is 0 Å². The molecule has 0 fully saturated rings. The average Bonchev–Trinajstić information content (AvgIpc) is 2.91. The van der Waals surface area contributed by atoms with Crippen molar-refractivity contribution in [3.63, 3.8) is 0 Å². The maximum absolute atomic E-state index is 10.6. The van der Waals surface area contributed by atoms with Crippen molar-refractivity contribution in [2.45, 2.75) is 77.2 Å². The highest BCUT2D eigenvalue weighted by Crippen LogP contribution is 2.31. The maximum atomic E-state index is 10.6. The summed E-state index contributed by atoms with van der Waals surface area (Å²) in [4.78, 5) is 10.6. The van der Waals surface area contributed by atoms with Crippen LogP contribution in [-0.4, -0.2) is 17.3 Å². The lowest BCUT2D eigenvalue weighted by atomic mass is 10.0. The van der Waals surface area contributed by atoms with Crippen molar-refractivity contribution < 1.29 is 14.6 Å². The van der Waals surface area contributed by atoms with Crippen LogP contribution in [0.3, 0.4) is 0 Å². The van der Waals surface area contributed by atoms with Crippen LogP contribution in [0.2, 0.25) is 0 Å². The van der Waals surface area contributed by atoms with Crippen LogP contribution < -0.4 is 10.1 Å². The highest BCUT2D eigenvalue weighted by molar-refractivity contribution is 5.64. The largest absolute Gasteiger partial charge is 0.511 e. The van der Waals surface area contributed by atoms with E-state index in [4.69, 9.17) is 9.84 Å². The van der Waals surface area contributed by atoms with E-state index in [9.17, 15) is 4.79 Å². The van der Waals surface area contributed by atoms with Crippen molar-refractivity contribution in [3.05, 3.63) is 23.8 Å². The van der Waals surface area contributed by atoms with Crippen molar-refractivity contribution in [2.75, 3.05) is 5.32 Å². The van der Waals surface area contributed by atoms with E-state index in [0.29, 0.717) is 11.8 Å². The molecule has 0 radical (unpaired) electrons. The van der Waals surface area contributed by atoms with Gasteiger partial charge in [0.15, 0.2) is 0 Å². The van der Waals surface area contributed by atoms with Gasteiger partial charge in [-0.15, -0.1) is 0 Å². The molecule has 128 valence electrons. The summed E-state index contributed by atoms with van der Waals surface area (Å²) in [6.07, 6.45) is 11.6. The molecule has 1 unspecified atom stereocenters. The number of hydrogen-bond acceptors (Lipinski definition) is 3. The zero-order valence-electron chi connectivity index (χ0n) is 14.1. The number of hydrogen-bond donors (Lipinski definition) is 2. The SMILES string of the molecule is CCCCCCCCCCC1Cc2cc(OC(=O)O)ccc2N1. The van der Waals surface area contributed by atoms with E-state index in [0.717, 1.165) is 17.7 Å². The first-order chi connectivity index (χ1) is 11.2. The van der Waals surface area contributed by atoms with E-state index in [2.05, 4.69) is 12.2 Å². The third kappa shape index (κ3) is 6.12. The molecule has 4 nitrogen and oxygen atoms in total. The molecule has 0 amide bonds. The van der Waals surface area contributed by atoms with Gasteiger partial charge < -0.3 is 15.2 Å². The fourth-order valence-corrected chi connectivity index (χ4v) is 3.28. The molecule has 1 aromatic rings. The van der Waals surface area contributed by atoms with Crippen LogP contribution in [0.15, 0.2) is 18.2 Å². The molecule has 0 saturated carbocycles. The molecule has 1 aliphatic heterocycles. The number of nitrogens with one attached hydrogen (secondary N) is 1. The molecule has 0 aliphatic carbocycles. The number of ether oxygens (including phenoxy) is 1. The minimum Gasteiger partial charge on any atom is -0.449 e. The van der Waals surface area contributed by atoms with Crippen LogP contribution in [0.25, 0.3) is 0 Å². The Bertz CT molecular complexity index is 501. The summed E-state index contributed by atoms with van der Waals surface area (Å²) >= 11 is 0. The lowest BCUT2D eigenvalue weighted by Crippen LogP contribution is -2.14. The lowest BCUT2D eigenvalue weighted by Gasteiger charge is -2.10. The predicted molar refractivity (Wildman–Crippen MR) is 93.4 cm³/mol. The Balaban J connectivity index is 1.62. The molecule has 2 rings (SSSR count). The Morgan fingerprint density at radius 1 is 1.17 bits per heavy atom. The standard InChI is InChI=1S/C19H29NO3/c1-2-3-4-5-6-7-8-9-10-16-13-15-14-17(23-19(21)22)11-12-18(15)20-16/h11-12,14,16,20H,2-10,13H2,1H3,(H,21,22). The van der Waals surface area contributed by atoms with Crippen LogP contribution in [0, 0.1) is 0 Å². The van der Waals surface area contributed by atoms with Crippen LogP contribution >= 0.6 is 0 Å². The highest BCUT2D eigenvalue weighted by atomic mass is 16.7. The quantitative estimate of drug-likeness (QED) is 0.334. The van der Waals surface area contributed by atoms with E-state index in [1.807, 2.05) is 12.1 Å². The molecule has 1 aliphatic rings. The van der Waals surface area contributed by atoms with Gasteiger partial charge in [-0.25, -0.2) is 4.79 Å². The highest BCUT2D eigenvalue weighted by Gasteiger charge is 2.20. The number of rotatable bonds is 10. The second-order valence-electron chi connectivity index (χ2n) is 6.50. The number of anilines is 1. The minimum absolute atomic E-state index is 0.408. The Morgan fingerprint density at radius 3 is 2.57 bits per heavy atom. The van der Waals surface area contributed by atoms with E-state index in [1.54, 1.807) is 6.07 Å². The second-order valence-corrected chi connectivity index (χ2v) is 6.50. The van der Waals surface area contributed by atoms with Gasteiger partial charge in [0.05, 0.1) is 0 Å². The van der Waals surface area contributed by atoms with Crippen LogP contribution in [-0.2, 0) is 6.42 Å². The number of carboxylic acid groups (broad SMARTS) is 1. The average molecular weight is 319 g/mol. The zero-order valence-corrected chi connectivity index (χ0v) is 14.1. The third-order valence-corrected chi connectivity index (χ3v) is 4.51. The summed E-state index contributed by atoms with van der Waals surface area (Å²) in [5.74, 6) is 0.408. The zero-order chi connectivity index (χ0) is 16.5. The van der Waals surface area contributed by atoms with Crippen LogP contribution in [0.5, 0.6) is 5.75 Å². The number of carbonyl (C=O) groups is 1. The van der Waals surface area contributed by atoms with Gasteiger partial charge in [0, 0.05) is 11.7 Å². The van der Waals surface area contributed by atoms with Gasteiger partial charge in [0.25, 0.3) is 0 Å². The van der Waals surface area contributed by atoms with Crippen molar-refractivity contribution >= 4 is 11.8 Å². The molecule has 1 aromatic carbocycles. The fourth-order valence-electron chi connectivity index (χ4n) is 3.28. The van der Waals surface area contributed by atoms with Gasteiger partial charge in [-0.1, -0.05) is 58.3 Å². The van der Waals surface area contributed by atoms with Crippen molar-refractivity contribution in [1.82, 2.24) is 0 Å². The minimum atomic E-state index is -1.26. The summed E-state index contributed by atoms with van der Waals surface area (Å²) in [5, 5.41) is 12.2. The first kappa shape index (κ1) is 17.6. The summed E-state index contributed by atoms with van der Waals surface area (Å²) in [6.45, 7) is 2.25. The van der Waals surface area contributed by atoms with Gasteiger partial charge in [-0.05, 0) is 36.6 Å². The molecular weight excluding hydrogens is 290 g/mol. The summed E-state index contributed by atoms with van der Waals surface area (Å²) in [6, 6.07) is 5.94. The molecule has 1 atom stereocenters. The van der Waals surface area contributed by atoms with Gasteiger partial charge in [0.2, 0.25) is 0 Å². The number of fused-ring (bicyclic) bond motifs is 1. The van der Waals surface area contributed by atoms with Crippen LogP contribution in [0.1, 0.15) is 70.3 Å². The molecule has 0 saturated heterocycles. The predicted octanol–water partition coefficient (Wildman–Crippen LogP) is 5.61. The Labute approximate surface area is 139 Å². The van der Waals surface area contributed by atoms with Gasteiger partial charge in [-0.3, -0.25) is 0 Å². The Kier molecular flexibility index (Phi) is 7.24. The lowest BCUT2D eigenvalue weighted by molar-refractivity contribution is 0.144. The fraction of sp³-hybridized carbons (Fsp3) is 0.632. The molecule has 0 spiro atoms. The second kappa shape index (κ2) is 9.43. The number of benzene rings is 1. The van der Waals surface area contributed by atoms with E-state index >= 15 is 0 Å². The molecule has 2 N–H and O–H groups in total. The molecule has 1 heterocycles. The summed E-state index contributed by atoms with van der Waals surface area (Å²) < 4.78 is 4.72. The monoisotopic (exact) mass is 319 g/mol. The van der Waals surface area contributed by atoms with Gasteiger partial charge in [-0.2, -0.15) is 0 Å². The van der Waals surface area contributed by atoms with Crippen molar-refractivity contribution in [2.24, 2.45) is 0 Å². The summed E-state index contributed by atoms with van der Waals surface area (Å²) in [5.41, 5.74) is 2.28. The molecule has 0 aromatic heterocycles. The maximum Gasteiger partial charge on any atom is 0.511 e. The van der Waals surface area contributed by atoms with E-state index < -0.39 is 6.16 Å². The van der Waals surface area contributed by atoms with Crippen LogP contribution in [0.4, 0.5) is 10.5 Å². The molecule has 0 bridgehead atoms. The third-order valence-electron chi connectivity index (χ3n) is 4.51. The molecule has 4 heteroatoms. The van der Waals surface area contributed by atoms with Crippen molar-refractivity contribution in [3.8, 4) is 5.75 Å². The first-order valence-corrected chi connectivity index (χ1v) is 8.99. The van der Waals surface area contributed by atoms with Gasteiger partial charge in [0.1, 0.15) is 5.75 Å².